The molecule has 0 saturated heterocycles. The Labute approximate surface area is 523 Å². The first-order chi connectivity index (χ1) is 42.7. The van der Waals surface area contributed by atoms with Gasteiger partial charge in [-0.15, -0.1) is 0 Å². The van der Waals surface area contributed by atoms with Crippen molar-refractivity contribution in [1.82, 2.24) is 22.8 Å². The lowest BCUT2D eigenvalue weighted by atomic mass is 9.54. The topological polar surface area (TPSA) is 24.6 Å². The zero-order chi connectivity index (χ0) is 60.7. The number of nitrogens with zero attached hydrogens (tertiary/aromatic N) is 5. The fraction of sp³-hybridized carbons (Fsp3) is 0.277. The molecule has 0 spiro atoms. The van der Waals surface area contributed by atoms with E-state index in [2.05, 4.69) is 283 Å². The largest absolute Gasteiger partial charge is 0.313 e. The molecule has 2 aliphatic heterocycles. The van der Waals surface area contributed by atoms with E-state index in [4.69, 9.17) is 0 Å². The van der Waals surface area contributed by atoms with Crippen molar-refractivity contribution in [3.63, 3.8) is 0 Å². The molecule has 0 N–H and O–H groups in total. The minimum atomic E-state index is -0.0911. The number of allylic oxidation sites excluding steroid dienone is 6. The number of aromatic nitrogens is 5. The molecule has 6 heteroatoms. The molecule has 0 amide bonds. The van der Waals surface area contributed by atoms with Crippen LogP contribution in [0, 0.1) is 5.41 Å². The second-order valence-electron chi connectivity index (χ2n) is 30.9. The Bertz CT molecular complexity index is 5440. The first-order valence-corrected chi connectivity index (χ1v) is 32.9. The molecule has 18 rings (SSSR count). The lowest BCUT2D eigenvalue weighted by Crippen LogP contribution is -2.28. The quantitative estimate of drug-likeness (QED) is 0.158. The van der Waals surface area contributed by atoms with E-state index in [1.807, 2.05) is 0 Å². The molecule has 3 aliphatic carbocycles. The Morgan fingerprint density at radius 2 is 0.944 bits per heavy atom. The molecule has 1 atom stereocenters. The van der Waals surface area contributed by atoms with Crippen LogP contribution in [0.25, 0.3) is 128 Å². The van der Waals surface area contributed by atoms with Gasteiger partial charge >= 0.3 is 0 Å². The van der Waals surface area contributed by atoms with Crippen LogP contribution >= 0.6 is 0 Å². The van der Waals surface area contributed by atoms with Gasteiger partial charge in [-0.05, 0) is 178 Å². The minimum absolute atomic E-state index is 0.0203. The average Bonchev–Trinajstić information content (AvgIpc) is 1.60. The Morgan fingerprint density at radius 1 is 0.404 bits per heavy atom. The lowest BCUT2D eigenvalue weighted by molar-refractivity contribution is 0.483. The monoisotopic (exact) mass is 1150 g/mol. The van der Waals surface area contributed by atoms with Crippen molar-refractivity contribution in [2.75, 3.05) is 0 Å². The molecular formula is C83H77BN5. The molecule has 0 fully saturated rings. The SMILES string of the molecule is CC(C)(C)C1=Cc2c(n3c4c(cc(C(C)(C)C)cc24)C2[B]c4c-3cc(-n3c5ccccc5c5ccc6c7c(n(C8=CC=C(n9c%10ccccc%10c%10ccccc%109)CC8)c6c53)C=CCC7)cc4-n3c4ccc(C(C)(C)C)cc4c4cc(C(C)(C)C)cc2c43)CC1. The fourth-order valence-corrected chi connectivity index (χ4v) is 16.9. The molecule has 8 aromatic carbocycles. The maximum absolute atomic E-state index is 2.80. The molecule has 5 aliphatic rings. The second-order valence-corrected chi connectivity index (χ2v) is 30.9. The van der Waals surface area contributed by atoms with Gasteiger partial charge in [0, 0.05) is 82.8 Å². The Balaban J connectivity index is 0.988. The van der Waals surface area contributed by atoms with Gasteiger partial charge in [-0.3, -0.25) is 0 Å². The van der Waals surface area contributed by atoms with Gasteiger partial charge in [0.1, 0.15) is 0 Å². The van der Waals surface area contributed by atoms with Crippen LogP contribution in [0.3, 0.4) is 0 Å². The molecule has 5 nitrogen and oxygen atoms in total. The lowest BCUT2D eigenvalue weighted by Gasteiger charge is -2.27. The minimum Gasteiger partial charge on any atom is -0.313 e. The molecule has 1 radical (unpaired) electrons. The van der Waals surface area contributed by atoms with Crippen molar-refractivity contribution in [2.24, 2.45) is 5.41 Å². The van der Waals surface area contributed by atoms with E-state index in [-0.39, 0.29) is 27.5 Å². The summed E-state index contributed by atoms with van der Waals surface area (Å²) in [6.45, 7) is 28.8. The van der Waals surface area contributed by atoms with Gasteiger partial charge in [0.2, 0.25) is 0 Å². The summed E-state index contributed by atoms with van der Waals surface area (Å²) < 4.78 is 13.4. The van der Waals surface area contributed by atoms with Crippen molar-refractivity contribution < 1.29 is 0 Å². The van der Waals surface area contributed by atoms with Crippen molar-refractivity contribution in [3.8, 4) is 17.1 Å². The van der Waals surface area contributed by atoms with Crippen LogP contribution in [0.15, 0.2) is 163 Å². The third-order valence-electron chi connectivity index (χ3n) is 21.5. The number of hydrogen-bond donors (Lipinski definition) is 0. The number of aryl methyl sites for hydroxylation is 1. The Kier molecular flexibility index (Phi) is 10.8. The van der Waals surface area contributed by atoms with Crippen molar-refractivity contribution in [3.05, 3.63) is 214 Å². The van der Waals surface area contributed by atoms with Gasteiger partial charge in [0.05, 0.1) is 49.8 Å². The number of rotatable bonds is 3. The molecule has 89 heavy (non-hydrogen) atoms. The summed E-state index contributed by atoms with van der Waals surface area (Å²) >= 11 is 0. The Hall–Kier alpha value is -8.74. The van der Waals surface area contributed by atoms with Gasteiger partial charge < -0.3 is 22.8 Å². The van der Waals surface area contributed by atoms with Gasteiger partial charge in [0.15, 0.2) is 7.28 Å². The first kappa shape index (κ1) is 53.3. The van der Waals surface area contributed by atoms with E-state index in [1.54, 1.807) is 0 Å². The predicted molar refractivity (Wildman–Crippen MR) is 381 cm³/mol. The van der Waals surface area contributed by atoms with E-state index in [0.29, 0.717) is 0 Å². The predicted octanol–water partition coefficient (Wildman–Crippen LogP) is 21.0. The van der Waals surface area contributed by atoms with Crippen LogP contribution in [0.1, 0.15) is 165 Å². The zero-order valence-corrected chi connectivity index (χ0v) is 53.8. The van der Waals surface area contributed by atoms with E-state index in [1.165, 1.54) is 177 Å². The summed E-state index contributed by atoms with van der Waals surface area (Å²) in [5.74, 6) is -0.0203. The summed E-state index contributed by atoms with van der Waals surface area (Å²) in [7, 11) is 2.71. The summed E-state index contributed by atoms with van der Waals surface area (Å²) in [4.78, 5) is 0. The van der Waals surface area contributed by atoms with E-state index < -0.39 is 0 Å². The number of para-hydroxylation sites is 3. The summed E-state index contributed by atoms with van der Waals surface area (Å²) in [6.07, 6.45) is 18.2. The maximum Gasteiger partial charge on any atom is 0.172 e. The maximum atomic E-state index is 2.80. The molecule has 13 aromatic rings. The van der Waals surface area contributed by atoms with Crippen LogP contribution in [0.2, 0.25) is 0 Å². The number of fused-ring (bicyclic) bond motifs is 21. The van der Waals surface area contributed by atoms with Crippen LogP contribution in [-0.4, -0.2) is 30.1 Å². The highest BCUT2D eigenvalue weighted by Gasteiger charge is 2.40. The smallest absolute Gasteiger partial charge is 0.172 e. The molecule has 1 unspecified atom stereocenters. The molecule has 437 valence electrons. The van der Waals surface area contributed by atoms with E-state index >= 15 is 0 Å². The second kappa shape index (κ2) is 18.0. The molecule has 0 saturated carbocycles. The van der Waals surface area contributed by atoms with Gasteiger partial charge in [-0.2, -0.15) is 0 Å². The average molecular weight is 1160 g/mol. The van der Waals surface area contributed by atoms with Gasteiger partial charge in [-0.1, -0.05) is 186 Å². The van der Waals surface area contributed by atoms with Crippen LogP contribution < -0.4 is 5.46 Å². The van der Waals surface area contributed by atoms with Crippen LogP contribution in [-0.2, 0) is 29.1 Å². The summed E-state index contributed by atoms with van der Waals surface area (Å²) in [5.41, 5.74) is 31.8. The molecule has 2 bridgehead atoms. The van der Waals surface area contributed by atoms with E-state index in [9.17, 15) is 0 Å². The number of benzene rings is 8. The highest BCUT2D eigenvalue weighted by Crippen LogP contribution is 2.52. The first-order valence-electron chi connectivity index (χ1n) is 32.9. The molecular weight excluding hydrogens is 1080 g/mol. The van der Waals surface area contributed by atoms with Crippen molar-refractivity contribution >= 4 is 124 Å². The fourth-order valence-electron chi connectivity index (χ4n) is 16.9. The molecule has 7 heterocycles. The van der Waals surface area contributed by atoms with Crippen molar-refractivity contribution in [1.29, 1.82) is 0 Å². The van der Waals surface area contributed by atoms with Crippen molar-refractivity contribution in [2.45, 2.75) is 144 Å². The van der Waals surface area contributed by atoms with Gasteiger partial charge in [0.25, 0.3) is 0 Å². The highest BCUT2D eigenvalue weighted by atomic mass is 15.1. The highest BCUT2D eigenvalue weighted by molar-refractivity contribution is 6.60. The van der Waals surface area contributed by atoms with Gasteiger partial charge in [-0.25, -0.2) is 0 Å². The Morgan fingerprint density at radius 3 is 1.57 bits per heavy atom. The van der Waals surface area contributed by atoms with E-state index in [0.717, 1.165) is 38.5 Å². The summed E-state index contributed by atoms with van der Waals surface area (Å²) in [5, 5.41) is 10.6. The standard InChI is InChI=1S/C83H77BN5/c1-80(2,3)47-29-37-70-60(39-47)62-41-49(82(7,8)9)43-64-74-65-44-50(83(10,11)12)42-63-61-40-48(81(4,5)6)30-38-71(61)89(77(63)65)73-46-53(45-72(75(73)84-74)88(70)76(62)64)87-69-28-20-16-24-57(69)59-36-35-58-56-23-15-19-27-68(56)86(78(58)79(59)87)52-33-31-51(32-34-52)85-66-25-17-13-21-54(66)55-22-14-18-26-67(55)85/h13-14,16-22,24-29,31,33,35-37,39-46,74H,15,23,30,32,34,38H2,1-12H3. The molecule has 5 aromatic heterocycles. The normalized spacial score (nSPS) is 16.6. The number of hydrogen-bond acceptors (Lipinski definition) is 0. The zero-order valence-electron chi connectivity index (χ0n) is 53.8. The third-order valence-corrected chi connectivity index (χ3v) is 21.5. The van der Waals surface area contributed by atoms with Crippen LogP contribution in [0.4, 0.5) is 0 Å². The third kappa shape index (κ3) is 7.44. The summed E-state index contributed by atoms with van der Waals surface area (Å²) in [6, 6.07) is 55.1. The van der Waals surface area contributed by atoms with Crippen LogP contribution in [0.5, 0.6) is 0 Å².